The second kappa shape index (κ2) is 235. The summed E-state index contributed by atoms with van der Waals surface area (Å²) >= 11 is 0. The summed E-state index contributed by atoms with van der Waals surface area (Å²) in [5, 5.41) is 0. The standard InChI is InChI=1S/4C12H24O6.3C2H8N2.8K.2Ni.18Sn/c4*1-2-14-5-6-16-9-10-18-12-11-17-8-7-15-4-3-13-1;3*3-1-2-4;;;;;;;;;;;;;;;;;;;;;;;;;;;;/h4*1-12H2;3*1-4H2;;;;;;;;;;;;;;;;;;;;;;;;;;;;. The molecule has 112 heavy (non-hydrogen) atoms. The van der Waals surface area contributed by atoms with E-state index in [1.807, 2.05) is 0 Å². The van der Waals surface area contributed by atoms with Crippen molar-refractivity contribution in [2.24, 2.45) is 34.4 Å². The topological polar surface area (TPSA) is 378 Å². The summed E-state index contributed by atoms with van der Waals surface area (Å²) in [6.45, 7) is 31.7. The molecule has 30 nitrogen and oxygen atoms in total. The molecule has 4 heterocycles. The molecule has 4 rings (SSSR count). The SMILES string of the molecule is C1COCCOCCOCCOCCOCCO1.C1COCCOCCOCCOCCOCCO1.C1COCCOCCOCCOCCOCCO1.C1COCCOCCOCCOCCOCCO1.NCCN.NCCN.NCCN.[K].[K].[K].[K].[K].[K].[K].[K].[Ni].[Ni].[Sn].[Sn].[Sn].[Sn].[Sn].[Sn].[Sn].[Sn].[Sn].[Sn].[Sn].[Sn].[Sn].[Sn].[Sn].[Sn].[Sn].[Sn]. The summed E-state index contributed by atoms with van der Waals surface area (Å²) in [6, 6.07) is 0. The van der Waals surface area contributed by atoms with Gasteiger partial charge in [0, 0.05) is 914 Å². The van der Waals surface area contributed by atoms with Gasteiger partial charge >= 0.3 is 0 Å². The zero-order valence-corrected chi connectivity index (χ0v) is 147. The predicted octanol–water partition coefficient (Wildman–Crippen LogP) is -12.8. The zero-order valence-electron chi connectivity index (χ0n) is 69.1. The van der Waals surface area contributed by atoms with Gasteiger partial charge in [-0.1, -0.05) is 0 Å². The normalized spacial score (nSPS) is 16.2. The number of rotatable bonds is 3. The van der Waals surface area contributed by atoms with Gasteiger partial charge in [0.15, 0.2) is 0 Å². The molecule has 610 valence electrons. The Labute approximate surface area is 1340 Å². The zero-order chi connectivity index (χ0) is 61.2. The minimum absolute atomic E-state index is 0. The van der Waals surface area contributed by atoms with E-state index in [1.165, 1.54) is 0 Å². The van der Waals surface area contributed by atoms with Crippen LogP contribution in [0.4, 0.5) is 0 Å². The molecule has 0 bridgehead atoms. The molecule has 58 heteroatoms. The molecular weight excluding hydrogens is 3680 g/mol. The average molecular weight is 3800 g/mol. The van der Waals surface area contributed by atoms with E-state index in [0.717, 1.165) is 0 Å². The first-order valence-corrected chi connectivity index (χ1v) is 29.8. The molecule has 4 aliphatic heterocycles. The fourth-order valence-corrected chi connectivity index (χ4v) is 5.28. The molecule has 0 unspecified atom stereocenters. The first-order chi connectivity index (χ1) is 41.7. The van der Waals surface area contributed by atoms with E-state index in [2.05, 4.69) is 0 Å². The minimum atomic E-state index is 0. The molecule has 0 aliphatic carbocycles. The van der Waals surface area contributed by atoms with Gasteiger partial charge in [0.2, 0.25) is 0 Å². The van der Waals surface area contributed by atoms with Crippen molar-refractivity contribution in [3.8, 4) is 0 Å². The third-order valence-electron chi connectivity index (χ3n) is 9.43. The molecular formula is C54H120K8N6Ni2O24Sn18. The summed E-state index contributed by atoms with van der Waals surface area (Å²) in [6.07, 6.45) is 0. The van der Waals surface area contributed by atoms with Crippen LogP contribution in [0.2, 0.25) is 0 Å². The van der Waals surface area contributed by atoms with E-state index in [0.29, 0.717) is 356 Å². The maximum absolute atomic E-state index is 5.33. The Kier molecular flexibility index (Phi) is 477. The van der Waals surface area contributed by atoms with Gasteiger partial charge in [-0.25, -0.2) is 0 Å². The molecule has 12 N–H and O–H groups in total. The number of hydrogen-bond donors (Lipinski definition) is 6. The molecule has 0 aromatic heterocycles. The third-order valence-corrected chi connectivity index (χ3v) is 9.43. The van der Waals surface area contributed by atoms with Crippen molar-refractivity contribution >= 4 is 841 Å². The molecule has 4 saturated heterocycles. The first kappa shape index (κ1) is 227. The van der Waals surface area contributed by atoms with Crippen molar-refractivity contribution in [1.82, 2.24) is 0 Å². The van der Waals surface area contributed by atoms with Gasteiger partial charge in [0.1, 0.15) is 0 Å². The van der Waals surface area contributed by atoms with Crippen LogP contribution >= 0.6 is 0 Å². The van der Waals surface area contributed by atoms with Crippen LogP contribution in [0.15, 0.2) is 0 Å². The van der Waals surface area contributed by atoms with Crippen LogP contribution in [-0.2, 0) is 147 Å². The van der Waals surface area contributed by atoms with Crippen molar-refractivity contribution in [3.63, 3.8) is 0 Å². The van der Waals surface area contributed by atoms with Crippen LogP contribution in [0.1, 0.15) is 0 Å². The minimum Gasteiger partial charge on any atom is -0.377 e. The van der Waals surface area contributed by atoms with Crippen molar-refractivity contribution in [3.05, 3.63) is 0 Å². The van der Waals surface area contributed by atoms with E-state index in [9.17, 15) is 0 Å². The summed E-state index contributed by atoms with van der Waals surface area (Å²) in [5.41, 5.74) is 29.4. The Balaban J connectivity index is -0.0000000237. The fraction of sp³-hybridized carbons (Fsp3) is 1.00. The Morgan fingerprint density at radius 3 is 0.143 bits per heavy atom. The Bertz CT molecular complexity index is 746. The van der Waals surface area contributed by atoms with Gasteiger partial charge in [-0.3, -0.25) is 0 Å². The third kappa shape index (κ3) is 244. The van der Waals surface area contributed by atoms with Crippen molar-refractivity contribution in [1.29, 1.82) is 0 Å². The Morgan fingerprint density at radius 1 is 0.0982 bits per heavy atom. The summed E-state index contributed by atoms with van der Waals surface area (Å²) in [7, 11) is 0. The molecule has 4 fully saturated rings. The van der Waals surface area contributed by atoms with Crippen LogP contribution in [0.5, 0.6) is 0 Å². The second-order valence-corrected chi connectivity index (χ2v) is 16.4. The van der Waals surface area contributed by atoms with Crippen LogP contribution in [0, 0.1) is 0 Å². The molecule has 0 amide bonds. The van der Waals surface area contributed by atoms with E-state index in [1.54, 1.807) is 0 Å². The van der Waals surface area contributed by atoms with E-state index < -0.39 is 0 Å². The second-order valence-electron chi connectivity index (χ2n) is 16.4. The fourth-order valence-electron chi connectivity index (χ4n) is 5.28. The molecule has 0 spiro atoms. The van der Waals surface area contributed by atoms with E-state index in [-0.39, 0.29) is 874 Å². The van der Waals surface area contributed by atoms with Crippen LogP contribution in [0.3, 0.4) is 0 Å². The summed E-state index contributed by atoms with van der Waals surface area (Å²) in [5.74, 6) is 0. The van der Waals surface area contributed by atoms with E-state index >= 15 is 0 Å². The van der Waals surface area contributed by atoms with Crippen LogP contribution in [0.25, 0.3) is 0 Å². The summed E-state index contributed by atoms with van der Waals surface area (Å²) < 4.78 is 128. The number of nitrogens with two attached hydrogens (primary N) is 6. The molecule has 0 aromatic rings. The van der Waals surface area contributed by atoms with Crippen molar-refractivity contribution in [2.75, 3.05) is 356 Å². The van der Waals surface area contributed by atoms with Gasteiger partial charge in [-0.2, -0.15) is 0 Å². The maximum Gasteiger partial charge on any atom is 0.0701 e. The van der Waals surface area contributed by atoms with Gasteiger partial charge in [-0.05, 0) is 0 Å². The monoisotopic (exact) mass is 3820 g/mol. The predicted molar refractivity (Wildman–Crippen MR) is 464 cm³/mol. The van der Waals surface area contributed by atoms with Crippen LogP contribution < -0.4 is 34.4 Å². The Morgan fingerprint density at radius 2 is 0.125 bits per heavy atom. The van der Waals surface area contributed by atoms with Gasteiger partial charge < -0.3 is 148 Å². The molecule has 80 radical (unpaired) electrons. The molecule has 0 saturated carbocycles. The average Bonchev–Trinajstić information content (AvgIpc) is 1.12. The smallest absolute Gasteiger partial charge is 0.0701 e. The Hall–Kier alpha value is 27.3. The van der Waals surface area contributed by atoms with Gasteiger partial charge in [0.05, 0.1) is 317 Å². The van der Waals surface area contributed by atoms with Crippen LogP contribution in [-0.4, -0.2) is 1200 Å². The van der Waals surface area contributed by atoms with Gasteiger partial charge in [-0.15, -0.1) is 0 Å². The molecule has 0 aromatic carbocycles. The summed E-state index contributed by atoms with van der Waals surface area (Å²) in [4.78, 5) is 0. The molecule has 0 atom stereocenters. The van der Waals surface area contributed by atoms with Gasteiger partial charge in [0.25, 0.3) is 0 Å². The number of ether oxygens (including phenoxy) is 24. The number of hydrogen-bond acceptors (Lipinski definition) is 30. The van der Waals surface area contributed by atoms with Crippen molar-refractivity contribution in [2.45, 2.75) is 0 Å². The first-order valence-electron chi connectivity index (χ1n) is 29.8. The largest absolute Gasteiger partial charge is 0.377 e. The van der Waals surface area contributed by atoms with E-state index in [4.69, 9.17) is 148 Å². The quantitative estimate of drug-likeness (QED) is 0.143. The maximum atomic E-state index is 5.33. The van der Waals surface area contributed by atoms with Crippen molar-refractivity contribution < 1.29 is 147 Å². The molecule has 4 aliphatic rings.